The lowest BCUT2D eigenvalue weighted by Crippen LogP contribution is -2.22. The van der Waals surface area contributed by atoms with Crippen molar-refractivity contribution in [3.05, 3.63) is 39.9 Å². The van der Waals surface area contributed by atoms with Crippen molar-refractivity contribution in [3.8, 4) is 0 Å². The summed E-state index contributed by atoms with van der Waals surface area (Å²) in [6, 6.07) is 5.90. The summed E-state index contributed by atoms with van der Waals surface area (Å²) in [7, 11) is 1.27. The molecule has 94 valence electrons. The molecule has 1 unspecified atom stereocenters. The minimum absolute atomic E-state index is 0.00258. The number of nitro benzene ring substituents is 1. The largest absolute Gasteiger partial charge is 0.466 e. The molecule has 0 saturated carbocycles. The Labute approximate surface area is 102 Å². The number of nitro groups is 1. The number of hydrogen-bond acceptors (Lipinski definition) is 6. The monoisotopic (exact) mass is 250 g/mol. The molecule has 0 bridgehead atoms. The van der Waals surface area contributed by atoms with Crippen molar-refractivity contribution in [1.29, 1.82) is 0 Å². The van der Waals surface area contributed by atoms with E-state index in [0.717, 1.165) is 0 Å². The van der Waals surface area contributed by atoms with Gasteiger partial charge in [0, 0.05) is 18.6 Å². The SMILES string of the molecule is COC(=O)C1CC(c2ccc([N+](=O)[O-])cc2)=NO1. The van der Waals surface area contributed by atoms with E-state index >= 15 is 0 Å². The van der Waals surface area contributed by atoms with Crippen molar-refractivity contribution in [3.63, 3.8) is 0 Å². The first-order valence-corrected chi connectivity index (χ1v) is 5.17. The van der Waals surface area contributed by atoms with Crippen LogP contribution in [0.5, 0.6) is 0 Å². The first-order chi connectivity index (χ1) is 8.61. The summed E-state index contributed by atoms with van der Waals surface area (Å²) in [5.74, 6) is -0.490. The highest BCUT2D eigenvalue weighted by molar-refractivity contribution is 6.03. The van der Waals surface area contributed by atoms with Crippen molar-refractivity contribution in [2.45, 2.75) is 12.5 Å². The van der Waals surface area contributed by atoms with Crippen LogP contribution < -0.4 is 0 Å². The number of methoxy groups -OCH3 is 1. The Bertz CT molecular complexity index is 509. The number of non-ortho nitro benzene ring substituents is 1. The van der Waals surface area contributed by atoms with Crippen molar-refractivity contribution >= 4 is 17.4 Å². The van der Waals surface area contributed by atoms with Gasteiger partial charge in [-0.2, -0.15) is 0 Å². The summed E-state index contributed by atoms with van der Waals surface area (Å²) in [6.07, 6.45) is -0.440. The van der Waals surface area contributed by atoms with Crippen molar-refractivity contribution in [2.24, 2.45) is 5.16 Å². The van der Waals surface area contributed by atoms with Gasteiger partial charge in [-0.25, -0.2) is 4.79 Å². The molecule has 0 aliphatic carbocycles. The molecular formula is C11H10N2O5. The van der Waals surface area contributed by atoms with Crippen LogP contribution in [-0.2, 0) is 14.4 Å². The molecule has 0 aromatic heterocycles. The van der Waals surface area contributed by atoms with E-state index in [4.69, 9.17) is 4.84 Å². The molecule has 0 amide bonds. The Kier molecular flexibility index (Phi) is 3.22. The second kappa shape index (κ2) is 4.82. The average Bonchev–Trinajstić information content (AvgIpc) is 2.87. The molecule has 1 aromatic rings. The van der Waals surface area contributed by atoms with Gasteiger partial charge in [-0.15, -0.1) is 0 Å². The topological polar surface area (TPSA) is 91.0 Å². The molecule has 18 heavy (non-hydrogen) atoms. The lowest BCUT2D eigenvalue weighted by Gasteiger charge is -2.04. The molecule has 7 nitrogen and oxygen atoms in total. The van der Waals surface area contributed by atoms with Crippen LogP contribution in [0.15, 0.2) is 29.4 Å². The number of hydrogen-bond donors (Lipinski definition) is 0. The van der Waals surface area contributed by atoms with Crippen LogP contribution in [0.1, 0.15) is 12.0 Å². The van der Waals surface area contributed by atoms with E-state index in [1.807, 2.05) is 0 Å². The molecule has 1 atom stereocenters. The van der Waals surface area contributed by atoms with E-state index in [1.54, 1.807) is 12.1 Å². The minimum atomic E-state index is -0.736. The first kappa shape index (κ1) is 12.0. The van der Waals surface area contributed by atoms with Gasteiger partial charge in [-0.3, -0.25) is 10.1 Å². The Morgan fingerprint density at radius 3 is 2.72 bits per heavy atom. The number of benzene rings is 1. The quantitative estimate of drug-likeness (QED) is 0.457. The Morgan fingerprint density at radius 2 is 2.17 bits per heavy atom. The van der Waals surface area contributed by atoms with Gasteiger partial charge < -0.3 is 9.57 Å². The molecule has 0 radical (unpaired) electrons. The molecular weight excluding hydrogens is 240 g/mol. The predicted molar refractivity (Wildman–Crippen MR) is 61.1 cm³/mol. The molecule has 1 aromatic carbocycles. The van der Waals surface area contributed by atoms with Crippen molar-refractivity contribution in [1.82, 2.24) is 0 Å². The van der Waals surface area contributed by atoms with Crippen LogP contribution in [0.25, 0.3) is 0 Å². The number of carbonyl (C=O) groups is 1. The highest BCUT2D eigenvalue weighted by atomic mass is 16.7. The number of oxime groups is 1. The third kappa shape index (κ3) is 2.29. The van der Waals surface area contributed by atoms with E-state index in [0.29, 0.717) is 17.7 Å². The molecule has 0 saturated heterocycles. The summed E-state index contributed by atoms with van der Waals surface area (Å²) in [6.45, 7) is 0. The Balaban J connectivity index is 2.10. The number of ether oxygens (including phenoxy) is 1. The normalized spacial score (nSPS) is 17.8. The lowest BCUT2D eigenvalue weighted by molar-refractivity contribution is -0.384. The van der Waals surface area contributed by atoms with Gasteiger partial charge >= 0.3 is 5.97 Å². The number of carbonyl (C=O) groups excluding carboxylic acids is 1. The molecule has 0 fully saturated rings. The van der Waals surface area contributed by atoms with Gasteiger partial charge in [-0.05, 0) is 17.7 Å². The lowest BCUT2D eigenvalue weighted by atomic mass is 10.0. The van der Waals surface area contributed by atoms with Gasteiger partial charge in [0.15, 0.2) is 0 Å². The zero-order chi connectivity index (χ0) is 13.1. The third-order valence-electron chi connectivity index (χ3n) is 2.54. The summed E-state index contributed by atoms with van der Waals surface area (Å²) < 4.78 is 4.54. The van der Waals surface area contributed by atoms with Crippen molar-refractivity contribution in [2.75, 3.05) is 7.11 Å². The fraction of sp³-hybridized carbons (Fsp3) is 0.273. The average molecular weight is 250 g/mol. The maximum Gasteiger partial charge on any atom is 0.350 e. The fourth-order valence-electron chi connectivity index (χ4n) is 1.58. The molecule has 1 heterocycles. The highest BCUT2D eigenvalue weighted by Crippen LogP contribution is 2.19. The first-order valence-electron chi connectivity index (χ1n) is 5.17. The van der Waals surface area contributed by atoms with E-state index in [1.165, 1.54) is 19.2 Å². The molecule has 0 N–H and O–H groups in total. The molecule has 0 spiro atoms. The van der Waals surface area contributed by atoms with Gasteiger partial charge in [0.2, 0.25) is 6.10 Å². The van der Waals surface area contributed by atoms with E-state index in [-0.39, 0.29) is 5.69 Å². The number of nitrogens with zero attached hydrogens (tertiary/aromatic N) is 2. The number of esters is 1. The summed E-state index contributed by atoms with van der Waals surface area (Å²) in [5.41, 5.74) is 1.26. The van der Waals surface area contributed by atoms with Crippen LogP contribution in [-0.4, -0.2) is 29.8 Å². The van der Waals surface area contributed by atoms with Gasteiger partial charge in [-0.1, -0.05) is 5.16 Å². The zero-order valence-corrected chi connectivity index (χ0v) is 9.53. The molecule has 1 aliphatic heterocycles. The molecule has 7 heteroatoms. The third-order valence-corrected chi connectivity index (χ3v) is 2.54. The molecule has 2 rings (SSSR count). The standard InChI is InChI=1S/C11H10N2O5/c1-17-11(14)10-6-9(12-18-10)7-2-4-8(5-3-7)13(15)16/h2-5,10H,6H2,1H3. The van der Waals surface area contributed by atoms with Gasteiger partial charge in [0.05, 0.1) is 17.7 Å². The van der Waals surface area contributed by atoms with Crippen LogP contribution in [0, 0.1) is 10.1 Å². The van der Waals surface area contributed by atoms with Crippen molar-refractivity contribution < 1.29 is 19.3 Å². The zero-order valence-electron chi connectivity index (χ0n) is 9.53. The maximum absolute atomic E-state index is 11.2. The Morgan fingerprint density at radius 1 is 1.50 bits per heavy atom. The van der Waals surface area contributed by atoms with Crippen LogP contribution in [0.2, 0.25) is 0 Å². The van der Waals surface area contributed by atoms with Crippen LogP contribution in [0.3, 0.4) is 0 Å². The second-order valence-corrected chi connectivity index (χ2v) is 3.66. The second-order valence-electron chi connectivity index (χ2n) is 3.66. The fourth-order valence-corrected chi connectivity index (χ4v) is 1.58. The van der Waals surface area contributed by atoms with E-state index < -0.39 is 17.0 Å². The summed E-state index contributed by atoms with van der Waals surface area (Å²) in [4.78, 5) is 26.2. The van der Waals surface area contributed by atoms with Gasteiger partial charge in [0.1, 0.15) is 0 Å². The summed E-state index contributed by atoms with van der Waals surface area (Å²) in [5, 5.41) is 14.3. The predicted octanol–water partition coefficient (Wildman–Crippen LogP) is 1.26. The number of rotatable bonds is 3. The Hall–Kier alpha value is -2.44. The highest BCUT2D eigenvalue weighted by Gasteiger charge is 2.29. The maximum atomic E-state index is 11.2. The van der Waals surface area contributed by atoms with E-state index in [9.17, 15) is 14.9 Å². The van der Waals surface area contributed by atoms with E-state index in [2.05, 4.69) is 9.89 Å². The molecule has 1 aliphatic rings. The van der Waals surface area contributed by atoms with Gasteiger partial charge in [0.25, 0.3) is 5.69 Å². The van der Waals surface area contributed by atoms with Crippen LogP contribution >= 0.6 is 0 Å². The van der Waals surface area contributed by atoms with Crippen LogP contribution in [0.4, 0.5) is 5.69 Å². The summed E-state index contributed by atoms with van der Waals surface area (Å²) >= 11 is 0. The minimum Gasteiger partial charge on any atom is -0.466 e. The smallest absolute Gasteiger partial charge is 0.350 e.